The molecule has 1 aromatic heterocycles. The lowest BCUT2D eigenvalue weighted by molar-refractivity contribution is -0.0317. The average molecular weight is 312 g/mol. The van der Waals surface area contributed by atoms with Crippen molar-refractivity contribution in [3.63, 3.8) is 0 Å². The molecule has 2 aliphatic rings. The third kappa shape index (κ3) is 2.68. The molecule has 1 aromatic carbocycles. The predicted molar refractivity (Wildman–Crippen MR) is 85.5 cm³/mol. The molecule has 0 saturated heterocycles. The van der Waals surface area contributed by atoms with E-state index in [4.69, 9.17) is 0 Å². The Hall–Kier alpha value is -2.05. The Balaban J connectivity index is 1.43. The quantitative estimate of drug-likeness (QED) is 0.789. The molecule has 0 unspecified atom stereocenters. The minimum absolute atomic E-state index is 0.179. The molecule has 0 radical (unpaired) electrons. The maximum atomic E-state index is 10.0. The summed E-state index contributed by atoms with van der Waals surface area (Å²) in [5, 5.41) is 23.1. The summed E-state index contributed by atoms with van der Waals surface area (Å²) >= 11 is 0. The van der Waals surface area contributed by atoms with Crippen LogP contribution in [0.5, 0.6) is 0 Å². The molecule has 5 atom stereocenters. The molecule has 1 heterocycles. The summed E-state index contributed by atoms with van der Waals surface area (Å²) in [4.78, 5) is 12.8. The highest BCUT2D eigenvalue weighted by molar-refractivity contribution is 5.55. The standard InChI is InChI=1S/C17H20N4O2/c22-14-11-6-12(13(7-11)15(14)23)8-18-17-20-9-19-16(21-17)10-4-2-1-3-5-10/h1-5,9,11-15,22-23H,6-8H2,(H,18,19,20,21)/t11-,12-,13-,14+,15-/m1/s1. The third-order valence-electron chi connectivity index (χ3n) is 5.18. The van der Waals surface area contributed by atoms with Crippen molar-refractivity contribution in [3.05, 3.63) is 36.7 Å². The first-order valence-corrected chi connectivity index (χ1v) is 8.07. The Morgan fingerprint density at radius 3 is 2.61 bits per heavy atom. The van der Waals surface area contributed by atoms with Crippen LogP contribution in [0.3, 0.4) is 0 Å². The van der Waals surface area contributed by atoms with Crippen LogP contribution in [-0.4, -0.2) is 43.9 Å². The van der Waals surface area contributed by atoms with Crippen LogP contribution in [0.2, 0.25) is 0 Å². The van der Waals surface area contributed by atoms with Gasteiger partial charge in [0.2, 0.25) is 5.95 Å². The van der Waals surface area contributed by atoms with Gasteiger partial charge in [0.1, 0.15) is 6.33 Å². The lowest BCUT2D eigenvalue weighted by atomic mass is 9.85. The maximum Gasteiger partial charge on any atom is 0.226 e. The largest absolute Gasteiger partial charge is 0.390 e. The number of nitrogens with one attached hydrogen (secondary N) is 1. The Bertz CT molecular complexity index is 679. The van der Waals surface area contributed by atoms with Crippen LogP contribution in [0, 0.1) is 17.8 Å². The van der Waals surface area contributed by atoms with Gasteiger partial charge in [-0.2, -0.15) is 4.98 Å². The molecule has 2 saturated carbocycles. The first-order chi connectivity index (χ1) is 11.2. The summed E-state index contributed by atoms with van der Waals surface area (Å²) in [5.74, 6) is 1.97. The number of benzene rings is 1. The molecule has 0 amide bonds. The zero-order chi connectivity index (χ0) is 15.8. The van der Waals surface area contributed by atoms with E-state index in [2.05, 4.69) is 20.3 Å². The highest BCUT2D eigenvalue weighted by atomic mass is 16.3. The van der Waals surface area contributed by atoms with E-state index in [0.29, 0.717) is 24.2 Å². The molecule has 23 heavy (non-hydrogen) atoms. The van der Waals surface area contributed by atoms with Gasteiger partial charge in [0.25, 0.3) is 0 Å². The number of anilines is 1. The van der Waals surface area contributed by atoms with Crippen molar-refractivity contribution < 1.29 is 10.2 Å². The first kappa shape index (κ1) is 14.5. The fraction of sp³-hybridized carbons (Fsp3) is 0.471. The summed E-state index contributed by atoms with van der Waals surface area (Å²) < 4.78 is 0. The van der Waals surface area contributed by atoms with Gasteiger partial charge in [-0.3, -0.25) is 0 Å². The van der Waals surface area contributed by atoms with Gasteiger partial charge in [-0.1, -0.05) is 30.3 Å². The molecule has 2 aliphatic carbocycles. The highest BCUT2D eigenvalue weighted by Crippen LogP contribution is 2.48. The fourth-order valence-electron chi connectivity index (χ4n) is 4.00. The number of rotatable bonds is 4. The van der Waals surface area contributed by atoms with Gasteiger partial charge in [-0.15, -0.1) is 0 Å². The van der Waals surface area contributed by atoms with Crippen molar-refractivity contribution in [2.75, 3.05) is 11.9 Å². The van der Waals surface area contributed by atoms with E-state index in [1.807, 2.05) is 30.3 Å². The molecule has 2 bridgehead atoms. The summed E-state index contributed by atoms with van der Waals surface area (Å²) in [6, 6.07) is 9.79. The Morgan fingerprint density at radius 2 is 1.87 bits per heavy atom. The van der Waals surface area contributed by atoms with E-state index in [-0.39, 0.29) is 11.8 Å². The van der Waals surface area contributed by atoms with Crippen LogP contribution < -0.4 is 5.32 Å². The van der Waals surface area contributed by atoms with E-state index in [0.717, 1.165) is 18.4 Å². The molecule has 0 aliphatic heterocycles. The SMILES string of the molecule is O[C@H]1[C@@H]2C[C@H](CNc3ncnc(-c4ccccc4)n3)[C@@H](C2)[C@H]1O. The van der Waals surface area contributed by atoms with Gasteiger partial charge >= 0.3 is 0 Å². The molecule has 2 aromatic rings. The molecule has 0 spiro atoms. The van der Waals surface area contributed by atoms with Gasteiger partial charge < -0.3 is 15.5 Å². The molecular formula is C17H20N4O2. The van der Waals surface area contributed by atoms with E-state index in [1.54, 1.807) is 0 Å². The van der Waals surface area contributed by atoms with Crippen molar-refractivity contribution in [2.24, 2.45) is 17.8 Å². The van der Waals surface area contributed by atoms with E-state index in [9.17, 15) is 10.2 Å². The van der Waals surface area contributed by atoms with Gasteiger partial charge in [0.05, 0.1) is 12.2 Å². The zero-order valence-electron chi connectivity index (χ0n) is 12.7. The van der Waals surface area contributed by atoms with Gasteiger partial charge in [-0.05, 0) is 30.6 Å². The number of fused-ring (bicyclic) bond motifs is 2. The van der Waals surface area contributed by atoms with Crippen LogP contribution >= 0.6 is 0 Å². The number of aromatic nitrogens is 3. The monoisotopic (exact) mass is 312 g/mol. The van der Waals surface area contributed by atoms with Crippen LogP contribution in [0.25, 0.3) is 11.4 Å². The zero-order valence-corrected chi connectivity index (χ0v) is 12.7. The Labute approximate surface area is 134 Å². The average Bonchev–Trinajstić information content (AvgIpc) is 3.14. The molecule has 4 rings (SSSR count). The minimum Gasteiger partial charge on any atom is -0.390 e. The van der Waals surface area contributed by atoms with Crippen LogP contribution in [0.4, 0.5) is 5.95 Å². The van der Waals surface area contributed by atoms with Gasteiger partial charge in [-0.25, -0.2) is 9.97 Å². The summed E-state index contributed by atoms with van der Waals surface area (Å²) in [6.45, 7) is 0.711. The van der Waals surface area contributed by atoms with Crippen molar-refractivity contribution in [2.45, 2.75) is 25.0 Å². The maximum absolute atomic E-state index is 10.0. The van der Waals surface area contributed by atoms with Crippen molar-refractivity contribution in [3.8, 4) is 11.4 Å². The number of hydrogen-bond donors (Lipinski definition) is 3. The third-order valence-corrected chi connectivity index (χ3v) is 5.18. The number of hydrogen-bond acceptors (Lipinski definition) is 6. The Kier molecular flexibility index (Phi) is 3.71. The predicted octanol–water partition coefficient (Wildman–Crippen LogP) is 1.33. The molecular weight excluding hydrogens is 292 g/mol. The lowest BCUT2D eigenvalue weighted by Crippen LogP contribution is -2.38. The van der Waals surface area contributed by atoms with Gasteiger partial charge in [0, 0.05) is 12.1 Å². The minimum atomic E-state index is -0.584. The second-order valence-electron chi connectivity index (χ2n) is 6.52. The number of nitrogens with zero attached hydrogens (tertiary/aromatic N) is 3. The van der Waals surface area contributed by atoms with Crippen LogP contribution in [-0.2, 0) is 0 Å². The summed E-state index contributed by atoms with van der Waals surface area (Å²) in [5.41, 5.74) is 0.955. The lowest BCUT2D eigenvalue weighted by Gasteiger charge is -2.29. The molecule has 2 fully saturated rings. The van der Waals surface area contributed by atoms with Crippen molar-refractivity contribution in [1.82, 2.24) is 15.0 Å². The van der Waals surface area contributed by atoms with Crippen molar-refractivity contribution >= 4 is 5.95 Å². The molecule has 3 N–H and O–H groups in total. The van der Waals surface area contributed by atoms with Crippen molar-refractivity contribution in [1.29, 1.82) is 0 Å². The van der Waals surface area contributed by atoms with E-state index >= 15 is 0 Å². The topological polar surface area (TPSA) is 91.2 Å². The van der Waals surface area contributed by atoms with Crippen LogP contribution in [0.15, 0.2) is 36.7 Å². The van der Waals surface area contributed by atoms with E-state index in [1.165, 1.54) is 6.33 Å². The second-order valence-corrected chi connectivity index (χ2v) is 6.52. The number of aliphatic hydroxyl groups is 2. The number of aliphatic hydroxyl groups excluding tert-OH is 2. The molecule has 6 heteroatoms. The Morgan fingerprint density at radius 1 is 1.04 bits per heavy atom. The van der Waals surface area contributed by atoms with Crippen LogP contribution in [0.1, 0.15) is 12.8 Å². The first-order valence-electron chi connectivity index (χ1n) is 8.07. The van der Waals surface area contributed by atoms with Gasteiger partial charge in [0.15, 0.2) is 5.82 Å². The smallest absolute Gasteiger partial charge is 0.226 e. The highest BCUT2D eigenvalue weighted by Gasteiger charge is 2.51. The molecule has 6 nitrogen and oxygen atoms in total. The fourth-order valence-corrected chi connectivity index (χ4v) is 4.00. The normalized spacial score (nSPS) is 32.2. The summed E-state index contributed by atoms with van der Waals surface area (Å²) in [6.07, 6.45) is 2.25. The summed E-state index contributed by atoms with van der Waals surface area (Å²) in [7, 11) is 0. The second kappa shape index (κ2) is 5.86. The molecule has 120 valence electrons. The van der Waals surface area contributed by atoms with E-state index < -0.39 is 12.2 Å².